The zero-order valence-electron chi connectivity index (χ0n) is 7.84. The van der Waals surface area contributed by atoms with E-state index in [9.17, 15) is 13.6 Å². The molecule has 3 atom stereocenters. The number of rotatable bonds is 1. The summed E-state index contributed by atoms with van der Waals surface area (Å²) in [7, 11) is 0. The van der Waals surface area contributed by atoms with Gasteiger partial charge in [-0.05, 0) is 40.3 Å². The van der Waals surface area contributed by atoms with E-state index in [2.05, 4.69) is 5.32 Å². The van der Waals surface area contributed by atoms with Crippen LogP contribution in [-0.4, -0.2) is 22.3 Å². The Morgan fingerprint density at radius 2 is 2.33 bits per heavy atom. The van der Waals surface area contributed by atoms with E-state index in [-0.39, 0.29) is 11.8 Å². The summed E-state index contributed by atoms with van der Waals surface area (Å²) in [5.41, 5.74) is 0.714. The Morgan fingerprint density at radius 1 is 1.60 bits per heavy atom. The third kappa shape index (κ3) is 2.21. The molecule has 1 aliphatic carbocycles. The fourth-order valence-electron chi connectivity index (χ4n) is 1.75. The van der Waals surface area contributed by atoms with Crippen molar-refractivity contribution in [3.05, 3.63) is 23.8 Å². The zero-order chi connectivity index (χ0) is 11.1. The molecule has 1 aliphatic heterocycles. The number of carbonyl (C=O) groups is 1. The van der Waals surface area contributed by atoms with Gasteiger partial charge in [0.2, 0.25) is 9.58 Å². The van der Waals surface area contributed by atoms with E-state index in [1.165, 1.54) is 34.7 Å². The maximum Gasteiger partial charge on any atom is 0.220 e. The molecule has 5 heteroatoms. The highest BCUT2D eigenvalue weighted by atomic mass is 127. The Kier molecular flexibility index (Phi) is 2.83. The van der Waals surface area contributed by atoms with Gasteiger partial charge in [0.25, 0.3) is 0 Å². The molecule has 0 radical (unpaired) electrons. The number of carbonyl (C=O) groups excluding carboxylic acids is 1. The second-order valence-electron chi connectivity index (χ2n) is 3.78. The first-order valence-corrected chi connectivity index (χ1v) is 5.76. The van der Waals surface area contributed by atoms with Crippen LogP contribution < -0.4 is 5.32 Å². The molecule has 2 rings (SSSR count). The highest BCUT2D eigenvalue weighted by molar-refractivity contribution is 14.1. The first-order chi connectivity index (χ1) is 6.99. The first-order valence-electron chi connectivity index (χ1n) is 4.68. The van der Waals surface area contributed by atoms with Crippen LogP contribution in [0.2, 0.25) is 0 Å². The van der Waals surface area contributed by atoms with Crippen LogP contribution in [0.1, 0.15) is 6.42 Å². The molecule has 82 valence electrons. The van der Waals surface area contributed by atoms with Crippen molar-refractivity contribution in [2.24, 2.45) is 5.92 Å². The predicted octanol–water partition coefficient (Wildman–Crippen LogP) is 2.06. The largest absolute Gasteiger partial charge is 0.355 e. The lowest BCUT2D eigenvalue weighted by molar-refractivity contribution is -0.119. The van der Waals surface area contributed by atoms with E-state index in [1.807, 2.05) is 0 Å². The van der Waals surface area contributed by atoms with Gasteiger partial charge >= 0.3 is 0 Å². The minimum Gasteiger partial charge on any atom is -0.355 e. The molecule has 1 heterocycles. The molecule has 2 nitrogen and oxygen atoms in total. The van der Waals surface area contributed by atoms with E-state index < -0.39 is 9.85 Å². The monoisotopic (exact) mass is 325 g/mol. The molecule has 0 spiro atoms. The maximum atomic E-state index is 13.4. The number of allylic oxidation sites excluding steroid dienone is 3. The number of hydrogen-bond donors (Lipinski definition) is 1. The zero-order valence-corrected chi connectivity index (χ0v) is 10.0. The van der Waals surface area contributed by atoms with Crippen molar-refractivity contribution < 1.29 is 13.6 Å². The molecule has 1 fully saturated rings. The summed E-state index contributed by atoms with van der Waals surface area (Å²) < 4.78 is 24.8. The number of hydrogen-bond acceptors (Lipinski definition) is 1. The van der Waals surface area contributed by atoms with Crippen LogP contribution in [0.25, 0.3) is 0 Å². The van der Waals surface area contributed by atoms with Crippen LogP contribution in [-0.2, 0) is 4.79 Å². The number of halogens is 3. The smallest absolute Gasteiger partial charge is 0.220 e. The van der Waals surface area contributed by atoms with Crippen molar-refractivity contribution in [1.82, 2.24) is 5.32 Å². The Balaban J connectivity index is 2.13. The SMILES string of the molecule is O=C1CC(C2=CC(F)C(F)(I)C=C2)CN1. The Hall–Kier alpha value is -0.460. The molecule has 0 aromatic rings. The van der Waals surface area contributed by atoms with Crippen LogP contribution >= 0.6 is 22.6 Å². The third-order valence-electron chi connectivity index (χ3n) is 2.65. The second-order valence-corrected chi connectivity index (χ2v) is 5.43. The van der Waals surface area contributed by atoms with E-state index in [0.29, 0.717) is 18.5 Å². The number of nitrogens with one attached hydrogen (secondary N) is 1. The van der Waals surface area contributed by atoms with Crippen molar-refractivity contribution in [2.45, 2.75) is 16.3 Å². The average molecular weight is 325 g/mol. The summed E-state index contributed by atoms with van der Waals surface area (Å²) in [5.74, 6) is -0.0456. The van der Waals surface area contributed by atoms with Gasteiger partial charge in [-0.25, -0.2) is 8.78 Å². The fourth-order valence-corrected chi connectivity index (χ4v) is 2.11. The van der Waals surface area contributed by atoms with Gasteiger partial charge in [-0.15, -0.1) is 0 Å². The van der Waals surface area contributed by atoms with Crippen molar-refractivity contribution in [3.8, 4) is 0 Å². The number of amides is 1. The minimum absolute atomic E-state index is 0.0144. The van der Waals surface area contributed by atoms with E-state index in [4.69, 9.17) is 0 Å². The van der Waals surface area contributed by atoms with Crippen LogP contribution in [0.5, 0.6) is 0 Å². The van der Waals surface area contributed by atoms with Crippen LogP contribution in [0.15, 0.2) is 23.8 Å². The van der Waals surface area contributed by atoms with Crippen molar-refractivity contribution in [2.75, 3.05) is 6.54 Å². The molecule has 1 amide bonds. The minimum atomic E-state index is -1.95. The molecule has 1 N–H and O–H groups in total. The van der Waals surface area contributed by atoms with Gasteiger partial charge in [-0.2, -0.15) is 0 Å². The third-order valence-corrected chi connectivity index (χ3v) is 3.61. The summed E-state index contributed by atoms with van der Waals surface area (Å²) in [4.78, 5) is 11.0. The molecule has 0 saturated carbocycles. The predicted molar refractivity (Wildman–Crippen MR) is 61.1 cm³/mol. The van der Waals surface area contributed by atoms with Crippen LogP contribution in [0, 0.1) is 5.92 Å². The lowest BCUT2D eigenvalue weighted by atomic mass is 9.92. The Labute approximate surface area is 99.9 Å². The van der Waals surface area contributed by atoms with Crippen molar-refractivity contribution in [3.63, 3.8) is 0 Å². The molecular weight excluding hydrogens is 315 g/mol. The molecule has 2 aliphatic rings. The van der Waals surface area contributed by atoms with Gasteiger partial charge in [-0.3, -0.25) is 4.79 Å². The molecule has 0 aromatic carbocycles. The van der Waals surface area contributed by atoms with E-state index in [0.717, 1.165) is 0 Å². The summed E-state index contributed by atoms with van der Waals surface area (Å²) in [6.07, 6.45) is 2.80. The van der Waals surface area contributed by atoms with Crippen LogP contribution in [0.3, 0.4) is 0 Å². The molecule has 1 saturated heterocycles. The average Bonchev–Trinajstić information content (AvgIpc) is 2.57. The summed E-state index contributed by atoms with van der Waals surface area (Å²) in [6.45, 7) is 0.516. The highest BCUT2D eigenvalue weighted by Gasteiger charge is 2.37. The summed E-state index contributed by atoms with van der Waals surface area (Å²) in [6, 6.07) is 0. The Morgan fingerprint density at radius 3 is 2.87 bits per heavy atom. The first kappa shape index (κ1) is 11.0. The van der Waals surface area contributed by atoms with Gasteiger partial charge in [0.05, 0.1) is 0 Å². The van der Waals surface area contributed by atoms with Gasteiger partial charge < -0.3 is 5.32 Å². The molecular formula is C10H10F2INO. The normalized spacial score (nSPS) is 40.2. The van der Waals surface area contributed by atoms with E-state index >= 15 is 0 Å². The molecule has 0 bridgehead atoms. The molecule has 15 heavy (non-hydrogen) atoms. The van der Waals surface area contributed by atoms with Crippen LogP contribution in [0.4, 0.5) is 8.78 Å². The Bertz CT molecular complexity index is 351. The summed E-state index contributed by atoms with van der Waals surface area (Å²) in [5, 5.41) is 2.67. The fraction of sp³-hybridized carbons (Fsp3) is 0.500. The second kappa shape index (κ2) is 3.84. The molecule has 0 aromatic heterocycles. The highest BCUT2D eigenvalue weighted by Crippen LogP contribution is 2.36. The van der Waals surface area contributed by atoms with Gasteiger partial charge in [0, 0.05) is 18.9 Å². The maximum absolute atomic E-state index is 13.4. The van der Waals surface area contributed by atoms with E-state index in [1.54, 1.807) is 6.08 Å². The van der Waals surface area contributed by atoms with Crippen molar-refractivity contribution in [1.29, 1.82) is 0 Å². The van der Waals surface area contributed by atoms with Gasteiger partial charge in [-0.1, -0.05) is 6.08 Å². The summed E-state index contributed by atoms with van der Waals surface area (Å²) >= 11 is 1.44. The lowest BCUT2D eigenvalue weighted by Crippen LogP contribution is -2.27. The van der Waals surface area contributed by atoms with Gasteiger partial charge in [0.15, 0.2) is 6.17 Å². The van der Waals surface area contributed by atoms with Crippen molar-refractivity contribution >= 4 is 28.5 Å². The topological polar surface area (TPSA) is 29.1 Å². The number of alkyl halides is 3. The quantitative estimate of drug-likeness (QED) is 0.580. The lowest BCUT2D eigenvalue weighted by Gasteiger charge is -2.23. The standard InChI is InChI=1S/C10H10F2INO/c11-8-3-6(1-2-10(8,12)13)7-4-9(15)14-5-7/h1-3,7-8H,4-5H2,(H,14,15). The van der Waals surface area contributed by atoms with Gasteiger partial charge in [0.1, 0.15) is 0 Å². The molecule has 3 unspecified atom stereocenters.